The maximum atomic E-state index is 15.7. The lowest BCUT2D eigenvalue weighted by atomic mass is 9.75. The number of likely N-dealkylation sites (tertiary alicyclic amines) is 1. The van der Waals surface area contributed by atoms with E-state index in [1.54, 1.807) is 17.0 Å². The first-order valence-electron chi connectivity index (χ1n) is 13.9. The Morgan fingerprint density at radius 2 is 1.90 bits per heavy atom. The second-order valence-corrected chi connectivity index (χ2v) is 12.1. The average Bonchev–Trinajstić information content (AvgIpc) is 3.16. The molecule has 0 atom stereocenters. The second-order valence-electron chi connectivity index (χ2n) is 11.3. The minimum absolute atomic E-state index is 0.127. The van der Waals surface area contributed by atoms with Gasteiger partial charge in [0.2, 0.25) is 0 Å². The van der Waals surface area contributed by atoms with Gasteiger partial charge in [-0.25, -0.2) is 9.37 Å². The molecule has 0 unspecified atom stereocenters. The number of nitriles is 1. The Morgan fingerprint density at radius 3 is 2.51 bits per heavy atom. The Hall–Kier alpha value is -2.64. The van der Waals surface area contributed by atoms with Crippen LogP contribution in [0.5, 0.6) is 0 Å². The van der Waals surface area contributed by atoms with Crippen LogP contribution in [0, 0.1) is 28.5 Å². The van der Waals surface area contributed by atoms with Crippen molar-refractivity contribution in [3.63, 3.8) is 0 Å². The molecule has 1 aromatic heterocycles. The number of aromatic nitrogens is 1. The van der Waals surface area contributed by atoms with Crippen molar-refractivity contribution >= 4 is 46.1 Å². The zero-order chi connectivity index (χ0) is 27.1. The van der Waals surface area contributed by atoms with Crippen LogP contribution in [0.25, 0.3) is 0 Å². The molecule has 3 saturated heterocycles. The molecule has 10 heteroatoms. The number of anilines is 2. The third-order valence-corrected chi connectivity index (χ3v) is 9.74. The lowest BCUT2D eigenvalue weighted by Gasteiger charge is -2.44. The summed E-state index contributed by atoms with van der Waals surface area (Å²) in [4.78, 5) is 10.3. The number of nitrogens with zero attached hydrogens (tertiary/aromatic N) is 5. The third-order valence-electron chi connectivity index (χ3n) is 9.09. The first-order valence-corrected chi connectivity index (χ1v) is 14.7. The van der Waals surface area contributed by atoms with Crippen LogP contribution in [0.3, 0.4) is 0 Å². The van der Waals surface area contributed by atoms with E-state index in [4.69, 9.17) is 29.2 Å². The van der Waals surface area contributed by atoms with Crippen molar-refractivity contribution < 1.29 is 4.39 Å². The van der Waals surface area contributed by atoms with Gasteiger partial charge in [-0.15, -0.1) is 0 Å². The van der Waals surface area contributed by atoms with Gasteiger partial charge in [0.05, 0.1) is 16.9 Å². The number of pyridine rings is 1. The molecule has 39 heavy (non-hydrogen) atoms. The van der Waals surface area contributed by atoms with Gasteiger partial charge in [-0.3, -0.25) is 10.3 Å². The molecular formula is C29H33ClFN7S. The van der Waals surface area contributed by atoms with Crippen molar-refractivity contribution in [3.8, 4) is 6.07 Å². The number of amidine groups is 1. The maximum Gasteiger partial charge on any atom is 0.187 e. The van der Waals surface area contributed by atoms with E-state index in [1.165, 1.54) is 19.0 Å². The van der Waals surface area contributed by atoms with E-state index in [2.05, 4.69) is 15.2 Å². The van der Waals surface area contributed by atoms with E-state index >= 15 is 4.39 Å². The Kier molecular flexibility index (Phi) is 7.32. The lowest BCUT2D eigenvalue weighted by Crippen LogP contribution is -2.55. The highest BCUT2D eigenvalue weighted by Gasteiger charge is 2.57. The van der Waals surface area contributed by atoms with Gasteiger partial charge in [0.15, 0.2) is 10.8 Å². The molecule has 1 spiro atoms. The number of hydrogen-bond donors (Lipinski definition) is 2. The summed E-state index contributed by atoms with van der Waals surface area (Å²) in [7, 11) is 0. The molecule has 1 saturated carbocycles. The van der Waals surface area contributed by atoms with Gasteiger partial charge in [0, 0.05) is 12.2 Å². The summed E-state index contributed by atoms with van der Waals surface area (Å²) < 4.78 is 15.7. The van der Waals surface area contributed by atoms with E-state index in [0.29, 0.717) is 22.3 Å². The van der Waals surface area contributed by atoms with Gasteiger partial charge in [-0.05, 0) is 119 Å². The molecule has 1 aromatic carbocycles. The van der Waals surface area contributed by atoms with Crippen LogP contribution in [0.15, 0.2) is 30.5 Å². The molecule has 2 N–H and O–H groups in total. The number of nitrogens with one attached hydrogen (secondary N) is 2. The lowest BCUT2D eigenvalue weighted by molar-refractivity contribution is 0.166. The predicted octanol–water partition coefficient (Wildman–Crippen LogP) is 5.44. The molecule has 2 aromatic rings. The molecule has 6 rings (SSSR count). The molecule has 0 bridgehead atoms. The average molecular weight is 566 g/mol. The van der Waals surface area contributed by atoms with Gasteiger partial charge in [0.1, 0.15) is 23.3 Å². The molecule has 4 heterocycles. The van der Waals surface area contributed by atoms with E-state index in [9.17, 15) is 5.26 Å². The number of benzene rings is 1. The zero-order valence-corrected chi connectivity index (χ0v) is 23.5. The summed E-state index contributed by atoms with van der Waals surface area (Å²) in [6, 6.07) is 9.07. The summed E-state index contributed by atoms with van der Waals surface area (Å²) in [6.07, 6.45) is 8.45. The monoisotopic (exact) mass is 565 g/mol. The smallest absolute Gasteiger partial charge is 0.187 e. The summed E-state index contributed by atoms with van der Waals surface area (Å²) in [6.45, 7) is 5.43. The molecule has 1 aliphatic carbocycles. The molecule has 0 amide bonds. The minimum Gasteiger partial charge on any atom is -0.317 e. The SMILES string of the molecule is N#Cc1ncc(N2C(=N)C3(CCC3)N(c3ccc(C4CCN(CC5CCNCC5)CC4)c(F)c3)C2=S)cc1Cl. The third kappa shape index (κ3) is 4.71. The van der Waals surface area contributed by atoms with Crippen LogP contribution in [-0.2, 0) is 0 Å². The summed E-state index contributed by atoms with van der Waals surface area (Å²) in [5.41, 5.74) is 1.51. The first-order chi connectivity index (χ1) is 18.9. The molecule has 4 aliphatic rings. The van der Waals surface area contributed by atoms with Crippen LogP contribution in [0.2, 0.25) is 5.02 Å². The Labute approximate surface area is 239 Å². The Bertz CT molecular complexity index is 1330. The largest absolute Gasteiger partial charge is 0.317 e. The van der Waals surface area contributed by atoms with Gasteiger partial charge in [-0.2, -0.15) is 5.26 Å². The van der Waals surface area contributed by atoms with Crippen LogP contribution in [-0.4, -0.2) is 59.1 Å². The van der Waals surface area contributed by atoms with E-state index < -0.39 is 5.54 Å². The summed E-state index contributed by atoms with van der Waals surface area (Å²) in [5, 5.41) is 22.3. The fourth-order valence-corrected chi connectivity index (χ4v) is 7.42. The predicted molar refractivity (Wildman–Crippen MR) is 156 cm³/mol. The van der Waals surface area contributed by atoms with Gasteiger partial charge in [-0.1, -0.05) is 17.7 Å². The zero-order valence-electron chi connectivity index (χ0n) is 21.9. The number of hydrogen-bond acceptors (Lipinski definition) is 6. The summed E-state index contributed by atoms with van der Waals surface area (Å²) in [5.74, 6) is 1.13. The van der Waals surface area contributed by atoms with Crippen LogP contribution in [0.4, 0.5) is 15.8 Å². The molecule has 204 valence electrons. The molecule has 3 aliphatic heterocycles. The Balaban J connectivity index is 1.20. The molecule has 0 radical (unpaired) electrons. The quantitative estimate of drug-likeness (QED) is 0.467. The van der Waals surface area contributed by atoms with E-state index in [1.807, 2.05) is 23.1 Å². The highest BCUT2D eigenvalue weighted by Crippen LogP contribution is 2.48. The van der Waals surface area contributed by atoms with Crippen LogP contribution in [0.1, 0.15) is 62.1 Å². The van der Waals surface area contributed by atoms with Crippen molar-refractivity contribution in [2.45, 2.75) is 56.4 Å². The number of halogens is 2. The standard InChI is InChI=1S/C29H33ClFN7S/c30-24-14-22(17-35-26(24)16-32)37-27(33)29(8-1-9-29)38(28(37)39)21-2-3-23(25(31)15-21)20-6-12-36(13-7-20)18-19-4-10-34-11-5-19/h2-3,14-15,17,19-20,33-34H,1,4-13,18H2. The normalized spacial score (nSPS) is 22.4. The maximum absolute atomic E-state index is 15.7. The number of thiocarbonyl (C=S) groups is 1. The highest BCUT2D eigenvalue weighted by molar-refractivity contribution is 7.81. The number of piperidine rings is 2. The minimum atomic E-state index is -0.606. The van der Waals surface area contributed by atoms with Crippen molar-refractivity contribution in [2.75, 3.05) is 42.5 Å². The van der Waals surface area contributed by atoms with E-state index in [0.717, 1.165) is 76.3 Å². The first kappa shape index (κ1) is 26.6. The highest BCUT2D eigenvalue weighted by atomic mass is 35.5. The van der Waals surface area contributed by atoms with Gasteiger partial charge >= 0.3 is 0 Å². The molecule has 7 nitrogen and oxygen atoms in total. The van der Waals surface area contributed by atoms with Gasteiger partial charge < -0.3 is 15.1 Å². The van der Waals surface area contributed by atoms with Crippen molar-refractivity contribution in [2.24, 2.45) is 5.92 Å². The van der Waals surface area contributed by atoms with Crippen molar-refractivity contribution in [1.82, 2.24) is 15.2 Å². The molecule has 4 fully saturated rings. The van der Waals surface area contributed by atoms with Gasteiger partial charge in [0.25, 0.3) is 0 Å². The topological polar surface area (TPSA) is 82.3 Å². The summed E-state index contributed by atoms with van der Waals surface area (Å²) >= 11 is 12.1. The second kappa shape index (κ2) is 10.7. The van der Waals surface area contributed by atoms with Crippen LogP contribution >= 0.6 is 23.8 Å². The number of rotatable bonds is 5. The van der Waals surface area contributed by atoms with Crippen molar-refractivity contribution in [1.29, 1.82) is 10.7 Å². The molecular weight excluding hydrogens is 533 g/mol. The fraction of sp³-hybridized carbons (Fsp3) is 0.517. The van der Waals surface area contributed by atoms with Crippen molar-refractivity contribution in [3.05, 3.63) is 52.6 Å². The Morgan fingerprint density at radius 1 is 1.15 bits per heavy atom. The van der Waals surface area contributed by atoms with E-state index in [-0.39, 0.29) is 22.5 Å². The van der Waals surface area contributed by atoms with Crippen LogP contribution < -0.4 is 15.1 Å². The fourth-order valence-electron chi connectivity index (χ4n) is 6.74.